The third-order valence-corrected chi connectivity index (χ3v) is 5.00. The van der Waals surface area contributed by atoms with Gasteiger partial charge in [-0.3, -0.25) is 4.79 Å². The van der Waals surface area contributed by atoms with Crippen LogP contribution in [0.1, 0.15) is 40.2 Å². The van der Waals surface area contributed by atoms with E-state index in [9.17, 15) is 19.1 Å². The molecule has 0 saturated carbocycles. The lowest BCUT2D eigenvalue weighted by atomic mass is 9.86. The van der Waals surface area contributed by atoms with Gasteiger partial charge in [0.15, 0.2) is 5.78 Å². The number of rotatable bonds is 9. The van der Waals surface area contributed by atoms with Gasteiger partial charge in [0.25, 0.3) is 0 Å². The van der Waals surface area contributed by atoms with Crippen LogP contribution in [0.4, 0.5) is 4.39 Å². The Bertz CT molecular complexity index is 1020. The zero-order chi connectivity index (χ0) is 21.5. The van der Waals surface area contributed by atoms with E-state index >= 15 is 0 Å². The molecule has 3 rings (SSSR count). The number of hydrogen-bond acceptors (Lipinski definition) is 4. The Morgan fingerprint density at radius 2 is 1.73 bits per heavy atom. The molecule has 0 aliphatic rings. The molecule has 6 heteroatoms. The van der Waals surface area contributed by atoms with Crippen molar-refractivity contribution in [1.82, 2.24) is 0 Å². The van der Waals surface area contributed by atoms with E-state index in [4.69, 9.17) is 16.3 Å². The van der Waals surface area contributed by atoms with E-state index in [2.05, 4.69) is 0 Å². The average Bonchev–Trinajstić information content (AvgIpc) is 2.74. The van der Waals surface area contributed by atoms with Crippen LogP contribution in [0.25, 0.3) is 0 Å². The maximum Gasteiger partial charge on any atom is 0.170 e. The van der Waals surface area contributed by atoms with Crippen LogP contribution in [0.2, 0.25) is 5.02 Å². The Hall–Kier alpha value is -3.18. The highest BCUT2D eigenvalue weighted by Crippen LogP contribution is 2.34. The van der Waals surface area contributed by atoms with Crippen molar-refractivity contribution in [2.75, 3.05) is 0 Å². The number of halogens is 2. The molecule has 154 valence electrons. The number of carbonyl (C=O) groups excluding carboxylic acids is 2. The number of Topliss-reactive ketones (excluding diaryl/α,β-unsaturated/α-hetero) is 1. The number of carboxylic acid groups (broad SMARTS) is 1. The first-order valence-electron chi connectivity index (χ1n) is 9.40. The average molecular weight is 426 g/mol. The van der Waals surface area contributed by atoms with Crippen LogP contribution in [-0.4, -0.2) is 11.8 Å². The Morgan fingerprint density at radius 1 is 1.00 bits per heavy atom. The second-order valence-electron chi connectivity index (χ2n) is 6.76. The van der Waals surface area contributed by atoms with Crippen LogP contribution < -0.4 is 9.84 Å². The van der Waals surface area contributed by atoms with Crippen molar-refractivity contribution in [2.24, 2.45) is 0 Å². The van der Waals surface area contributed by atoms with Crippen molar-refractivity contribution < 1.29 is 23.8 Å². The summed E-state index contributed by atoms with van der Waals surface area (Å²) in [5.41, 5.74) is 1.24. The minimum absolute atomic E-state index is 0.0129. The lowest BCUT2D eigenvalue weighted by Gasteiger charge is -2.19. The highest BCUT2D eigenvalue weighted by atomic mass is 35.5. The number of ketones is 1. The number of aliphatic carboxylic acids is 1. The Balaban J connectivity index is 1.86. The maximum absolute atomic E-state index is 14.5. The van der Waals surface area contributed by atoms with E-state index in [0.29, 0.717) is 12.4 Å². The van der Waals surface area contributed by atoms with Crippen LogP contribution in [0.3, 0.4) is 0 Å². The van der Waals surface area contributed by atoms with E-state index in [0.717, 1.165) is 5.56 Å². The predicted molar refractivity (Wildman–Crippen MR) is 110 cm³/mol. The fourth-order valence-electron chi connectivity index (χ4n) is 3.19. The zero-order valence-electron chi connectivity index (χ0n) is 16.0. The van der Waals surface area contributed by atoms with Gasteiger partial charge < -0.3 is 14.6 Å². The number of benzene rings is 3. The molecule has 3 aromatic carbocycles. The molecule has 0 amide bonds. The van der Waals surface area contributed by atoms with Gasteiger partial charge in [-0.15, -0.1) is 0 Å². The highest BCUT2D eigenvalue weighted by molar-refractivity contribution is 6.31. The van der Waals surface area contributed by atoms with Gasteiger partial charge in [0, 0.05) is 22.1 Å². The zero-order valence-corrected chi connectivity index (χ0v) is 16.8. The van der Waals surface area contributed by atoms with E-state index in [-0.39, 0.29) is 22.6 Å². The van der Waals surface area contributed by atoms with Gasteiger partial charge in [0.1, 0.15) is 18.2 Å². The van der Waals surface area contributed by atoms with Crippen LogP contribution in [-0.2, 0) is 11.4 Å². The lowest BCUT2D eigenvalue weighted by molar-refractivity contribution is -0.305. The van der Waals surface area contributed by atoms with Crippen LogP contribution in [0, 0.1) is 5.82 Å². The number of carbonyl (C=O) groups is 2. The molecule has 0 bridgehead atoms. The summed E-state index contributed by atoms with van der Waals surface area (Å²) in [5.74, 6) is -2.99. The van der Waals surface area contributed by atoms with E-state index in [1.807, 2.05) is 30.3 Å². The van der Waals surface area contributed by atoms with Crippen molar-refractivity contribution in [3.05, 3.63) is 100 Å². The minimum Gasteiger partial charge on any atom is -0.550 e. The van der Waals surface area contributed by atoms with E-state index < -0.39 is 29.9 Å². The molecular formula is C24H19ClFO4-. The molecule has 0 heterocycles. The van der Waals surface area contributed by atoms with Crippen molar-refractivity contribution in [1.29, 1.82) is 0 Å². The molecule has 0 aromatic heterocycles. The first-order valence-corrected chi connectivity index (χ1v) is 9.78. The Kier molecular flexibility index (Phi) is 7.20. The fourth-order valence-corrected chi connectivity index (χ4v) is 3.49. The van der Waals surface area contributed by atoms with E-state index in [1.165, 1.54) is 18.2 Å². The van der Waals surface area contributed by atoms with Crippen molar-refractivity contribution >= 4 is 23.4 Å². The summed E-state index contributed by atoms with van der Waals surface area (Å²) in [6.45, 7) is 0.325. The van der Waals surface area contributed by atoms with E-state index in [1.54, 1.807) is 24.3 Å². The van der Waals surface area contributed by atoms with Crippen LogP contribution in [0.15, 0.2) is 72.8 Å². The summed E-state index contributed by atoms with van der Waals surface area (Å²) >= 11 is 6.14. The SMILES string of the molecule is O=C([O-])CCC(C(=O)c1cccc(OCc2ccccc2)c1)c1c(F)cccc1Cl. The molecule has 3 aromatic rings. The quantitative estimate of drug-likeness (QED) is 0.471. The molecule has 0 aliphatic heterocycles. The number of carboxylic acids is 1. The predicted octanol–water partition coefficient (Wildman–Crippen LogP) is 4.55. The molecule has 1 atom stereocenters. The molecule has 4 nitrogen and oxygen atoms in total. The largest absolute Gasteiger partial charge is 0.550 e. The maximum atomic E-state index is 14.5. The summed E-state index contributed by atoms with van der Waals surface area (Å²) in [6.07, 6.45) is -0.526. The standard InChI is InChI=1S/C24H20ClFO4/c25-20-10-5-11-21(26)23(20)19(12-13-22(27)28)24(29)17-8-4-9-18(14-17)30-15-16-6-2-1-3-7-16/h1-11,14,19H,12-13,15H2,(H,27,28)/p-1. The fraction of sp³-hybridized carbons (Fsp3) is 0.167. The molecule has 1 unspecified atom stereocenters. The summed E-state index contributed by atoms with van der Waals surface area (Å²) in [5, 5.41) is 11.0. The molecular weight excluding hydrogens is 407 g/mol. The summed E-state index contributed by atoms with van der Waals surface area (Å²) < 4.78 is 20.2. The van der Waals surface area contributed by atoms with Gasteiger partial charge in [-0.05, 0) is 42.7 Å². The molecule has 0 fully saturated rings. The van der Waals surface area contributed by atoms with Gasteiger partial charge in [-0.25, -0.2) is 4.39 Å². The van der Waals surface area contributed by atoms with Crippen LogP contribution in [0.5, 0.6) is 5.75 Å². The van der Waals surface area contributed by atoms with Gasteiger partial charge in [-0.1, -0.05) is 60.1 Å². The summed E-state index contributed by atoms with van der Waals surface area (Å²) in [6, 6.07) is 20.2. The van der Waals surface area contributed by atoms with Crippen molar-refractivity contribution in [2.45, 2.75) is 25.4 Å². The molecule has 0 spiro atoms. The first-order chi connectivity index (χ1) is 14.5. The van der Waals surface area contributed by atoms with Crippen molar-refractivity contribution in [3.8, 4) is 5.75 Å². The molecule has 0 aliphatic carbocycles. The number of hydrogen-bond donors (Lipinski definition) is 0. The Labute approximate surface area is 178 Å². The molecule has 0 N–H and O–H groups in total. The normalized spacial score (nSPS) is 11.7. The van der Waals surface area contributed by atoms with Gasteiger partial charge in [0.05, 0.1) is 5.92 Å². The third kappa shape index (κ3) is 5.45. The van der Waals surface area contributed by atoms with Gasteiger partial charge >= 0.3 is 0 Å². The lowest BCUT2D eigenvalue weighted by Crippen LogP contribution is -2.24. The second-order valence-corrected chi connectivity index (χ2v) is 7.17. The van der Waals surface area contributed by atoms with Crippen molar-refractivity contribution in [3.63, 3.8) is 0 Å². The van der Waals surface area contributed by atoms with Crippen LogP contribution >= 0.6 is 11.6 Å². The molecule has 0 saturated heterocycles. The number of ether oxygens (including phenoxy) is 1. The summed E-state index contributed by atoms with van der Waals surface area (Å²) in [4.78, 5) is 24.2. The highest BCUT2D eigenvalue weighted by Gasteiger charge is 2.27. The monoisotopic (exact) mass is 425 g/mol. The Morgan fingerprint density at radius 3 is 2.43 bits per heavy atom. The van der Waals surface area contributed by atoms with Gasteiger partial charge in [-0.2, -0.15) is 0 Å². The smallest absolute Gasteiger partial charge is 0.170 e. The second kappa shape index (κ2) is 10.0. The summed E-state index contributed by atoms with van der Waals surface area (Å²) in [7, 11) is 0. The third-order valence-electron chi connectivity index (χ3n) is 4.67. The molecule has 0 radical (unpaired) electrons. The topological polar surface area (TPSA) is 66.4 Å². The van der Waals surface area contributed by atoms with Gasteiger partial charge in [0.2, 0.25) is 0 Å². The first kappa shape index (κ1) is 21.5. The molecule has 30 heavy (non-hydrogen) atoms. The minimum atomic E-state index is -1.32.